The minimum absolute atomic E-state index is 0.175. The highest BCUT2D eigenvalue weighted by Gasteiger charge is 2.22. The van der Waals surface area contributed by atoms with E-state index >= 15 is 0 Å². The number of ketones is 1. The van der Waals surface area contributed by atoms with E-state index in [9.17, 15) is 18.0 Å². The Morgan fingerprint density at radius 3 is 2.44 bits per heavy atom. The number of hydrogen-bond donors (Lipinski definition) is 0. The second-order valence-electron chi connectivity index (χ2n) is 3.31. The predicted octanol–water partition coefficient (Wildman–Crippen LogP) is 3.43. The van der Waals surface area contributed by atoms with Gasteiger partial charge in [0.05, 0.1) is 5.56 Å². The van der Waals surface area contributed by atoms with Gasteiger partial charge in [-0.15, -0.1) is 0 Å². The third kappa shape index (κ3) is 1.66. The molecule has 0 atom stereocenters. The molecule has 0 saturated heterocycles. The predicted molar refractivity (Wildman–Crippen MR) is 54.2 cm³/mol. The standard InChI is InChI=1S/C12H7F3O/c13-10-8-4-2-1-3-7(8)5-6-9(10)11(16)12(14)15/h1-6,12H. The lowest BCUT2D eigenvalue weighted by atomic mass is 10.0. The lowest BCUT2D eigenvalue weighted by molar-refractivity contribution is 0.0674. The molecule has 0 aliphatic carbocycles. The Balaban J connectivity index is 2.65. The van der Waals surface area contributed by atoms with Crippen LogP contribution in [0.4, 0.5) is 13.2 Å². The third-order valence-electron chi connectivity index (χ3n) is 2.33. The molecule has 2 aromatic rings. The number of hydrogen-bond acceptors (Lipinski definition) is 1. The van der Waals surface area contributed by atoms with Crippen LogP contribution in [0, 0.1) is 5.82 Å². The maximum absolute atomic E-state index is 13.7. The van der Waals surface area contributed by atoms with E-state index in [1.54, 1.807) is 18.2 Å². The summed E-state index contributed by atoms with van der Waals surface area (Å²) in [5, 5.41) is 0.750. The molecule has 4 heteroatoms. The van der Waals surface area contributed by atoms with Crippen molar-refractivity contribution in [2.45, 2.75) is 6.43 Å². The highest BCUT2D eigenvalue weighted by molar-refractivity contribution is 6.02. The number of alkyl halides is 2. The monoisotopic (exact) mass is 224 g/mol. The zero-order chi connectivity index (χ0) is 11.7. The van der Waals surface area contributed by atoms with Crippen LogP contribution < -0.4 is 0 Å². The van der Waals surface area contributed by atoms with Crippen LogP contribution in [0.3, 0.4) is 0 Å². The van der Waals surface area contributed by atoms with Gasteiger partial charge in [0.25, 0.3) is 0 Å². The summed E-state index contributed by atoms with van der Waals surface area (Å²) in [6, 6.07) is 8.93. The SMILES string of the molecule is O=C(c1ccc2ccccc2c1F)C(F)F. The summed E-state index contributed by atoms with van der Waals surface area (Å²) >= 11 is 0. The first kappa shape index (κ1) is 10.7. The van der Waals surface area contributed by atoms with Crippen molar-refractivity contribution in [3.05, 3.63) is 47.8 Å². The molecule has 0 fully saturated rings. The summed E-state index contributed by atoms with van der Waals surface area (Å²) in [6.07, 6.45) is -3.18. The minimum Gasteiger partial charge on any atom is -0.288 e. The quantitative estimate of drug-likeness (QED) is 0.714. The summed E-state index contributed by atoms with van der Waals surface area (Å²) in [5.41, 5.74) is -0.561. The van der Waals surface area contributed by atoms with Gasteiger partial charge in [-0.05, 0) is 11.5 Å². The molecule has 0 N–H and O–H groups in total. The molecule has 0 aliphatic rings. The van der Waals surface area contributed by atoms with Gasteiger partial charge in [-0.3, -0.25) is 4.79 Å². The molecule has 0 aliphatic heterocycles. The minimum atomic E-state index is -3.18. The molecule has 2 aromatic carbocycles. The van der Waals surface area contributed by atoms with Crippen molar-refractivity contribution in [3.63, 3.8) is 0 Å². The zero-order valence-electron chi connectivity index (χ0n) is 8.08. The Labute approximate surface area is 89.5 Å². The largest absolute Gasteiger partial charge is 0.300 e. The fourth-order valence-electron chi connectivity index (χ4n) is 1.54. The first-order valence-corrected chi connectivity index (χ1v) is 4.61. The highest BCUT2D eigenvalue weighted by atomic mass is 19.3. The Hall–Kier alpha value is -1.84. The van der Waals surface area contributed by atoms with E-state index in [0.717, 1.165) is 6.07 Å². The van der Waals surface area contributed by atoms with Gasteiger partial charge in [0, 0.05) is 5.39 Å². The lowest BCUT2D eigenvalue weighted by Crippen LogP contribution is -2.12. The smallest absolute Gasteiger partial charge is 0.288 e. The van der Waals surface area contributed by atoms with Crippen LogP contribution >= 0.6 is 0 Å². The highest BCUT2D eigenvalue weighted by Crippen LogP contribution is 2.22. The van der Waals surface area contributed by atoms with Gasteiger partial charge in [-0.1, -0.05) is 30.3 Å². The molecule has 1 nitrogen and oxygen atoms in total. The topological polar surface area (TPSA) is 17.1 Å². The fourth-order valence-corrected chi connectivity index (χ4v) is 1.54. The van der Waals surface area contributed by atoms with Crippen molar-refractivity contribution < 1.29 is 18.0 Å². The zero-order valence-corrected chi connectivity index (χ0v) is 8.08. The van der Waals surface area contributed by atoms with Crippen LogP contribution in [0.25, 0.3) is 10.8 Å². The van der Waals surface area contributed by atoms with Crippen LogP contribution in [0.15, 0.2) is 36.4 Å². The Bertz CT molecular complexity index is 549. The van der Waals surface area contributed by atoms with Crippen molar-refractivity contribution in [3.8, 4) is 0 Å². The first-order valence-electron chi connectivity index (χ1n) is 4.61. The Kier molecular flexibility index (Phi) is 2.64. The molecular weight excluding hydrogens is 217 g/mol. The van der Waals surface area contributed by atoms with E-state index in [-0.39, 0.29) is 5.39 Å². The van der Waals surface area contributed by atoms with Gasteiger partial charge in [0.1, 0.15) is 5.82 Å². The number of Topliss-reactive ketones (excluding diaryl/α,β-unsaturated/α-hetero) is 1. The van der Waals surface area contributed by atoms with Crippen molar-refractivity contribution in [2.24, 2.45) is 0 Å². The van der Waals surface area contributed by atoms with Crippen LogP contribution in [0.5, 0.6) is 0 Å². The fraction of sp³-hybridized carbons (Fsp3) is 0.0833. The normalized spacial score (nSPS) is 11.0. The molecule has 0 saturated carbocycles. The summed E-state index contributed by atoms with van der Waals surface area (Å²) in [7, 11) is 0. The average molecular weight is 224 g/mol. The summed E-state index contributed by atoms with van der Waals surface area (Å²) in [6.45, 7) is 0. The average Bonchev–Trinajstić information content (AvgIpc) is 2.29. The van der Waals surface area contributed by atoms with E-state index in [1.807, 2.05) is 0 Å². The van der Waals surface area contributed by atoms with Crippen LogP contribution in [0.1, 0.15) is 10.4 Å². The Morgan fingerprint density at radius 2 is 1.75 bits per heavy atom. The molecule has 16 heavy (non-hydrogen) atoms. The van der Waals surface area contributed by atoms with Crippen LogP contribution in [-0.4, -0.2) is 12.2 Å². The molecule has 2 rings (SSSR count). The summed E-state index contributed by atoms with van der Waals surface area (Å²) in [4.78, 5) is 11.0. The van der Waals surface area contributed by atoms with Gasteiger partial charge >= 0.3 is 6.43 Å². The Morgan fingerprint density at radius 1 is 1.06 bits per heavy atom. The van der Waals surface area contributed by atoms with Crippen LogP contribution in [-0.2, 0) is 0 Å². The van der Waals surface area contributed by atoms with E-state index in [0.29, 0.717) is 5.39 Å². The maximum atomic E-state index is 13.7. The second kappa shape index (κ2) is 3.96. The van der Waals surface area contributed by atoms with E-state index in [4.69, 9.17) is 0 Å². The van der Waals surface area contributed by atoms with Crippen molar-refractivity contribution >= 4 is 16.6 Å². The summed E-state index contributed by atoms with van der Waals surface area (Å²) in [5.74, 6) is -2.37. The van der Waals surface area contributed by atoms with E-state index < -0.39 is 23.6 Å². The molecule has 82 valence electrons. The van der Waals surface area contributed by atoms with Gasteiger partial charge in [0.15, 0.2) is 0 Å². The van der Waals surface area contributed by atoms with E-state index in [2.05, 4.69) is 0 Å². The third-order valence-corrected chi connectivity index (χ3v) is 2.33. The number of halogens is 3. The summed E-state index contributed by atoms with van der Waals surface area (Å²) < 4.78 is 38.1. The van der Waals surface area contributed by atoms with Gasteiger partial charge in [0.2, 0.25) is 5.78 Å². The number of fused-ring (bicyclic) bond motifs is 1. The van der Waals surface area contributed by atoms with Crippen molar-refractivity contribution in [1.82, 2.24) is 0 Å². The lowest BCUT2D eigenvalue weighted by Gasteiger charge is -2.04. The van der Waals surface area contributed by atoms with Gasteiger partial charge in [-0.25, -0.2) is 13.2 Å². The van der Waals surface area contributed by atoms with Crippen molar-refractivity contribution in [1.29, 1.82) is 0 Å². The number of carbonyl (C=O) groups is 1. The van der Waals surface area contributed by atoms with Crippen LogP contribution in [0.2, 0.25) is 0 Å². The molecule has 0 radical (unpaired) electrons. The van der Waals surface area contributed by atoms with Gasteiger partial charge in [-0.2, -0.15) is 0 Å². The molecule has 0 spiro atoms. The molecule has 0 heterocycles. The number of rotatable bonds is 2. The molecular formula is C12H7F3O. The first-order chi connectivity index (χ1) is 7.61. The van der Waals surface area contributed by atoms with Gasteiger partial charge < -0.3 is 0 Å². The molecule has 0 aromatic heterocycles. The van der Waals surface area contributed by atoms with Crippen molar-refractivity contribution in [2.75, 3.05) is 0 Å². The maximum Gasteiger partial charge on any atom is 0.300 e. The molecule has 0 bridgehead atoms. The second-order valence-corrected chi connectivity index (χ2v) is 3.31. The number of carbonyl (C=O) groups excluding carboxylic acids is 1. The van der Waals surface area contributed by atoms with E-state index in [1.165, 1.54) is 12.1 Å². The molecule has 0 amide bonds. The number of benzene rings is 2. The molecule has 0 unspecified atom stereocenters.